The van der Waals surface area contributed by atoms with E-state index in [0.717, 1.165) is 18.0 Å². The fourth-order valence-corrected chi connectivity index (χ4v) is 11.1. The molecule has 5 heteroatoms. The number of benzene rings is 1. The number of aromatic nitrogens is 1. The molecule has 1 aliphatic carbocycles. The van der Waals surface area contributed by atoms with Crippen LogP contribution >= 0.6 is 0 Å². The van der Waals surface area contributed by atoms with Crippen molar-refractivity contribution in [3.63, 3.8) is 0 Å². The SMILES string of the molecule is CC(C)(C)CC(/C(=C\C1CCCCC1)[Si](C)(C)c1ccccc1)S(=O)(=O)c1ccccn1. The zero-order chi connectivity index (χ0) is 23.4. The Morgan fingerprint density at radius 3 is 2.22 bits per heavy atom. The number of hydrogen-bond donors (Lipinski definition) is 0. The van der Waals surface area contributed by atoms with E-state index in [1.54, 1.807) is 24.4 Å². The van der Waals surface area contributed by atoms with Gasteiger partial charge in [0.2, 0.25) is 9.84 Å². The van der Waals surface area contributed by atoms with Crippen LogP contribution in [0, 0.1) is 11.3 Å². The van der Waals surface area contributed by atoms with Crippen LogP contribution in [0.1, 0.15) is 59.3 Å². The second-order valence-electron chi connectivity index (χ2n) is 11.0. The maximum atomic E-state index is 14.1. The molecule has 2 aromatic rings. The Balaban J connectivity index is 2.20. The lowest BCUT2D eigenvalue weighted by Crippen LogP contribution is -2.50. The molecule has 0 saturated heterocycles. The third-order valence-corrected chi connectivity index (χ3v) is 12.7. The first-order valence-electron chi connectivity index (χ1n) is 11.9. The molecule has 3 rings (SSSR count). The van der Waals surface area contributed by atoms with E-state index in [4.69, 9.17) is 0 Å². The summed E-state index contributed by atoms with van der Waals surface area (Å²) in [7, 11) is -5.86. The van der Waals surface area contributed by atoms with E-state index in [-0.39, 0.29) is 10.4 Å². The lowest BCUT2D eigenvalue weighted by Gasteiger charge is -2.36. The van der Waals surface area contributed by atoms with Gasteiger partial charge in [0.05, 0.1) is 5.25 Å². The zero-order valence-electron chi connectivity index (χ0n) is 20.3. The van der Waals surface area contributed by atoms with E-state index in [0.29, 0.717) is 12.3 Å². The van der Waals surface area contributed by atoms with E-state index in [9.17, 15) is 8.42 Å². The summed E-state index contributed by atoms with van der Waals surface area (Å²) in [6, 6.07) is 15.8. The van der Waals surface area contributed by atoms with Gasteiger partial charge in [-0.05, 0) is 42.7 Å². The lowest BCUT2D eigenvalue weighted by molar-refractivity contribution is 0.375. The lowest BCUT2D eigenvalue weighted by atomic mass is 9.87. The fourth-order valence-electron chi connectivity index (χ4n) is 4.90. The quantitative estimate of drug-likeness (QED) is 0.446. The van der Waals surface area contributed by atoms with Crippen molar-refractivity contribution in [3.05, 3.63) is 66.0 Å². The van der Waals surface area contributed by atoms with Crippen molar-refractivity contribution >= 4 is 23.1 Å². The van der Waals surface area contributed by atoms with Crippen LogP contribution in [0.5, 0.6) is 0 Å². The highest BCUT2D eigenvalue weighted by Crippen LogP contribution is 2.37. The number of nitrogens with zero attached hydrogens (tertiary/aromatic N) is 1. The summed E-state index contributed by atoms with van der Waals surface area (Å²) in [6.07, 6.45) is 10.7. The molecule has 3 nitrogen and oxygen atoms in total. The Hall–Kier alpha value is -1.72. The van der Waals surface area contributed by atoms with Crippen molar-refractivity contribution in [2.75, 3.05) is 0 Å². The van der Waals surface area contributed by atoms with Gasteiger partial charge in [0.1, 0.15) is 8.07 Å². The standard InChI is InChI=1S/C27H39NO2SSi/c1-27(2,3)21-24(31(29,30)26-18-12-13-19-28-26)25(20-22-14-8-6-9-15-22)32(4,5)23-16-10-7-11-17-23/h7,10-13,16-20,22,24H,6,8-9,14-15,21H2,1-5H3/b25-20+. The molecule has 0 spiro atoms. The minimum absolute atomic E-state index is 0.126. The summed E-state index contributed by atoms with van der Waals surface area (Å²) < 4.78 is 28.2. The average Bonchev–Trinajstić information content (AvgIpc) is 2.77. The van der Waals surface area contributed by atoms with Crippen molar-refractivity contribution in [1.82, 2.24) is 4.98 Å². The van der Waals surface area contributed by atoms with Gasteiger partial charge < -0.3 is 0 Å². The van der Waals surface area contributed by atoms with E-state index in [1.165, 1.54) is 24.4 Å². The summed E-state index contributed by atoms with van der Waals surface area (Å²) in [5, 5.41) is 2.09. The molecule has 32 heavy (non-hydrogen) atoms. The molecule has 1 atom stereocenters. The van der Waals surface area contributed by atoms with Crippen LogP contribution in [-0.4, -0.2) is 26.7 Å². The van der Waals surface area contributed by atoms with E-state index < -0.39 is 23.2 Å². The number of pyridine rings is 1. The molecule has 0 bridgehead atoms. The topological polar surface area (TPSA) is 47.0 Å². The van der Waals surface area contributed by atoms with Gasteiger partial charge in [-0.25, -0.2) is 13.4 Å². The highest BCUT2D eigenvalue weighted by atomic mass is 32.2. The van der Waals surface area contributed by atoms with Gasteiger partial charge >= 0.3 is 0 Å². The van der Waals surface area contributed by atoms with Gasteiger partial charge in [0.15, 0.2) is 5.03 Å². The number of allylic oxidation sites excluding steroid dienone is 1. The largest absolute Gasteiger partial charge is 0.245 e. The maximum Gasteiger partial charge on any atom is 0.201 e. The second-order valence-corrected chi connectivity index (χ2v) is 17.5. The molecule has 1 saturated carbocycles. The molecule has 0 N–H and O–H groups in total. The van der Waals surface area contributed by atoms with Crippen molar-refractivity contribution in [1.29, 1.82) is 0 Å². The zero-order valence-corrected chi connectivity index (χ0v) is 22.2. The highest BCUT2D eigenvalue weighted by molar-refractivity contribution is 7.92. The third kappa shape index (κ3) is 5.99. The molecule has 0 amide bonds. The van der Waals surface area contributed by atoms with Crippen LogP contribution in [0.15, 0.2) is 71.0 Å². The van der Waals surface area contributed by atoms with Crippen molar-refractivity contribution in [2.24, 2.45) is 11.3 Å². The summed E-state index contributed by atoms with van der Waals surface area (Å²) in [6.45, 7) is 11.1. The Kier molecular flexibility index (Phi) is 7.82. The van der Waals surface area contributed by atoms with Crippen LogP contribution < -0.4 is 5.19 Å². The average molecular weight is 470 g/mol. The molecule has 1 aliphatic rings. The normalized spacial score (nSPS) is 17.8. The monoisotopic (exact) mass is 469 g/mol. The predicted octanol–water partition coefficient (Wildman–Crippen LogP) is 6.32. The van der Waals surface area contributed by atoms with Crippen LogP contribution in [0.25, 0.3) is 0 Å². The highest BCUT2D eigenvalue weighted by Gasteiger charge is 2.42. The van der Waals surface area contributed by atoms with Crippen LogP contribution in [0.4, 0.5) is 0 Å². The summed E-state index contributed by atoms with van der Waals surface area (Å²) in [4.78, 5) is 4.29. The molecule has 1 aromatic heterocycles. The van der Waals surface area contributed by atoms with Crippen LogP contribution in [0.2, 0.25) is 13.1 Å². The Bertz CT molecular complexity index is 1000. The van der Waals surface area contributed by atoms with E-state index >= 15 is 0 Å². The predicted molar refractivity (Wildman–Crippen MR) is 137 cm³/mol. The van der Waals surface area contributed by atoms with Crippen LogP contribution in [-0.2, 0) is 9.84 Å². The van der Waals surface area contributed by atoms with Gasteiger partial charge in [-0.2, -0.15) is 0 Å². The maximum absolute atomic E-state index is 14.1. The number of sulfone groups is 1. The summed E-state index contributed by atoms with van der Waals surface area (Å²) in [5.41, 5.74) is -0.126. The van der Waals surface area contributed by atoms with E-state index in [2.05, 4.69) is 69.2 Å². The molecule has 1 heterocycles. The molecule has 0 aliphatic heterocycles. The minimum Gasteiger partial charge on any atom is -0.245 e. The number of hydrogen-bond acceptors (Lipinski definition) is 3. The third-order valence-electron chi connectivity index (χ3n) is 6.73. The second kappa shape index (κ2) is 10.0. The molecule has 0 radical (unpaired) electrons. The molecule has 1 fully saturated rings. The molecular formula is C27H39NO2SSi. The van der Waals surface area contributed by atoms with Gasteiger partial charge in [-0.3, -0.25) is 0 Å². The first kappa shape index (κ1) is 24.9. The van der Waals surface area contributed by atoms with E-state index in [1.807, 2.05) is 6.07 Å². The Morgan fingerprint density at radius 2 is 1.66 bits per heavy atom. The Morgan fingerprint density at radius 1 is 1.03 bits per heavy atom. The van der Waals surface area contributed by atoms with Gasteiger partial charge in [0.25, 0.3) is 0 Å². The van der Waals surface area contributed by atoms with Crippen molar-refractivity contribution in [3.8, 4) is 0 Å². The van der Waals surface area contributed by atoms with Crippen molar-refractivity contribution < 1.29 is 8.42 Å². The first-order valence-corrected chi connectivity index (χ1v) is 16.5. The molecule has 1 unspecified atom stereocenters. The smallest absolute Gasteiger partial charge is 0.201 e. The van der Waals surface area contributed by atoms with Crippen molar-refractivity contribution in [2.45, 2.75) is 82.7 Å². The molecule has 1 aromatic carbocycles. The first-order chi connectivity index (χ1) is 15.0. The van der Waals surface area contributed by atoms with Gasteiger partial charge in [-0.15, -0.1) is 0 Å². The summed E-state index contributed by atoms with van der Waals surface area (Å²) >= 11 is 0. The fraction of sp³-hybridized carbons (Fsp3) is 0.519. The van der Waals surface area contributed by atoms with Crippen LogP contribution in [0.3, 0.4) is 0 Å². The summed E-state index contributed by atoms with van der Waals surface area (Å²) in [5.74, 6) is 0.468. The van der Waals surface area contributed by atoms with Gasteiger partial charge in [-0.1, -0.05) is 106 Å². The Labute approximate surface area is 196 Å². The van der Waals surface area contributed by atoms with Gasteiger partial charge in [0, 0.05) is 6.20 Å². The number of rotatable bonds is 7. The molecule has 174 valence electrons. The minimum atomic E-state index is -3.62. The molecular weight excluding hydrogens is 430 g/mol.